The molecule has 32 heavy (non-hydrogen) atoms. The molecule has 0 aromatic heterocycles. The Morgan fingerprint density at radius 2 is 1.41 bits per heavy atom. The number of methoxy groups -OCH3 is 1. The fourth-order valence-corrected chi connectivity index (χ4v) is 3.95. The number of fused-ring (bicyclic) bond motifs is 1. The molecule has 6 heteroatoms. The van der Waals surface area contributed by atoms with Gasteiger partial charge in [0.05, 0.1) is 18.2 Å². The first-order valence-electron chi connectivity index (χ1n) is 10.4. The number of benzene rings is 3. The van der Waals surface area contributed by atoms with Crippen LogP contribution in [0.5, 0.6) is 5.75 Å². The standard InChI is InChI=1S/C26H24N2O4/c1-27(17-19-12-14-20(32-2)15-13-19)26(31)23(16-18-8-4-3-5-9-18)28-24(29)21-10-6-7-11-22(21)25(28)30/h3-15,23H,16-17H2,1-2H3. The van der Waals surface area contributed by atoms with Gasteiger partial charge in [0.1, 0.15) is 11.8 Å². The van der Waals surface area contributed by atoms with E-state index in [1.807, 2.05) is 54.6 Å². The highest BCUT2D eigenvalue weighted by atomic mass is 16.5. The van der Waals surface area contributed by atoms with E-state index in [4.69, 9.17) is 4.74 Å². The van der Waals surface area contributed by atoms with Crippen LogP contribution in [0, 0.1) is 0 Å². The lowest BCUT2D eigenvalue weighted by molar-refractivity contribution is -0.134. The van der Waals surface area contributed by atoms with Crippen LogP contribution in [0.15, 0.2) is 78.9 Å². The Hall–Kier alpha value is -3.93. The summed E-state index contributed by atoms with van der Waals surface area (Å²) in [5.74, 6) is -0.426. The van der Waals surface area contributed by atoms with Crippen molar-refractivity contribution in [2.24, 2.45) is 0 Å². The van der Waals surface area contributed by atoms with E-state index in [1.165, 1.54) is 0 Å². The van der Waals surface area contributed by atoms with Gasteiger partial charge in [-0.05, 0) is 35.4 Å². The number of likely N-dealkylation sites (N-methyl/N-ethyl adjacent to an activating group) is 1. The van der Waals surface area contributed by atoms with Gasteiger partial charge in [-0.25, -0.2) is 0 Å². The summed E-state index contributed by atoms with van der Waals surface area (Å²) < 4.78 is 5.19. The quantitative estimate of drug-likeness (QED) is 0.540. The fourth-order valence-electron chi connectivity index (χ4n) is 3.95. The molecule has 0 N–H and O–H groups in total. The van der Waals surface area contributed by atoms with Crippen molar-refractivity contribution in [3.8, 4) is 5.75 Å². The maximum absolute atomic E-state index is 13.6. The van der Waals surface area contributed by atoms with Gasteiger partial charge in [-0.1, -0.05) is 54.6 Å². The molecule has 0 fully saturated rings. The van der Waals surface area contributed by atoms with Crippen molar-refractivity contribution >= 4 is 17.7 Å². The van der Waals surface area contributed by atoms with Crippen LogP contribution in [0.4, 0.5) is 0 Å². The Morgan fingerprint density at radius 3 is 1.97 bits per heavy atom. The first kappa shape index (κ1) is 21.3. The average molecular weight is 428 g/mol. The monoisotopic (exact) mass is 428 g/mol. The lowest BCUT2D eigenvalue weighted by Crippen LogP contribution is -2.51. The zero-order chi connectivity index (χ0) is 22.7. The summed E-state index contributed by atoms with van der Waals surface area (Å²) in [5.41, 5.74) is 2.46. The van der Waals surface area contributed by atoms with E-state index in [2.05, 4.69) is 0 Å². The highest BCUT2D eigenvalue weighted by Crippen LogP contribution is 2.27. The number of rotatable bonds is 7. The molecular weight excluding hydrogens is 404 g/mol. The molecule has 0 saturated heterocycles. The van der Waals surface area contributed by atoms with Gasteiger partial charge in [-0.2, -0.15) is 0 Å². The van der Waals surface area contributed by atoms with Gasteiger partial charge < -0.3 is 9.64 Å². The largest absolute Gasteiger partial charge is 0.497 e. The predicted molar refractivity (Wildman–Crippen MR) is 120 cm³/mol. The Balaban J connectivity index is 1.62. The van der Waals surface area contributed by atoms with Crippen molar-refractivity contribution in [3.63, 3.8) is 0 Å². The second kappa shape index (κ2) is 9.06. The molecule has 0 saturated carbocycles. The maximum Gasteiger partial charge on any atom is 0.262 e. The number of nitrogens with zero attached hydrogens (tertiary/aromatic N) is 2. The minimum Gasteiger partial charge on any atom is -0.497 e. The van der Waals surface area contributed by atoms with Crippen LogP contribution in [0.25, 0.3) is 0 Å². The lowest BCUT2D eigenvalue weighted by atomic mass is 10.0. The average Bonchev–Trinajstić information content (AvgIpc) is 3.08. The lowest BCUT2D eigenvalue weighted by Gasteiger charge is -2.29. The molecule has 1 aliphatic heterocycles. The maximum atomic E-state index is 13.6. The molecule has 6 nitrogen and oxygen atoms in total. The SMILES string of the molecule is COc1ccc(CN(C)C(=O)C(Cc2ccccc2)N2C(=O)c3ccccc3C2=O)cc1. The summed E-state index contributed by atoms with van der Waals surface area (Å²) >= 11 is 0. The first-order chi connectivity index (χ1) is 15.5. The zero-order valence-corrected chi connectivity index (χ0v) is 18.0. The topological polar surface area (TPSA) is 66.9 Å². The van der Waals surface area contributed by atoms with Crippen molar-refractivity contribution < 1.29 is 19.1 Å². The third-order valence-electron chi connectivity index (χ3n) is 5.65. The molecule has 1 atom stereocenters. The van der Waals surface area contributed by atoms with Gasteiger partial charge in [0.25, 0.3) is 11.8 Å². The minimum absolute atomic E-state index is 0.248. The molecule has 0 bridgehead atoms. The molecule has 0 aliphatic carbocycles. The van der Waals surface area contributed by atoms with E-state index in [9.17, 15) is 14.4 Å². The second-order valence-electron chi connectivity index (χ2n) is 7.77. The summed E-state index contributed by atoms with van der Waals surface area (Å²) in [4.78, 5) is 42.5. The number of hydrogen-bond donors (Lipinski definition) is 0. The van der Waals surface area contributed by atoms with Crippen LogP contribution in [0.3, 0.4) is 0 Å². The van der Waals surface area contributed by atoms with E-state index in [-0.39, 0.29) is 12.3 Å². The van der Waals surface area contributed by atoms with E-state index < -0.39 is 17.9 Å². The van der Waals surface area contributed by atoms with Crippen molar-refractivity contribution in [3.05, 3.63) is 101 Å². The molecule has 0 radical (unpaired) electrons. The van der Waals surface area contributed by atoms with Crippen LogP contribution >= 0.6 is 0 Å². The molecule has 162 valence electrons. The van der Waals surface area contributed by atoms with Crippen LogP contribution in [0.2, 0.25) is 0 Å². The van der Waals surface area contributed by atoms with Gasteiger partial charge in [0.2, 0.25) is 5.91 Å². The normalized spacial score (nSPS) is 13.6. The van der Waals surface area contributed by atoms with Gasteiger partial charge in [0.15, 0.2) is 0 Å². The summed E-state index contributed by atoms with van der Waals surface area (Å²) in [6, 6.07) is 22.6. The molecular formula is C26H24N2O4. The molecule has 0 spiro atoms. The Bertz CT molecular complexity index is 1110. The number of amides is 3. The summed E-state index contributed by atoms with van der Waals surface area (Å²) in [6.45, 7) is 0.345. The van der Waals surface area contributed by atoms with Crippen LogP contribution in [-0.4, -0.2) is 47.7 Å². The zero-order valence-electron chi connectivity index (χ0n) is 18.0. The molecule has 1 aliphatic rings. The molecule has 1 unspecified atom stereocenters. The van der Waals surface area contributed by atoms with Crippen molar-refractivity contribution in [2.45, 2.75) is 19.0 Å². The molecule has 1 heterocycles. The molecule has 4 rings (SSSR count). The number of ether oxygens (including phenoxy) is 1. The van der Waals surface area contributed by atoms with E-state index in [0.717, 1.165) is 21.8 Å². The highest BCUT2D eigenvalue weighted by molar-refractivity contribution is 6.22. The van der Waals surface area contributed by atoms with E-state index in [1.54, 1.807) is 43.3 Å². The number of imide groups is 1. The molecule has 3 aromatic carbocycles. The predicted octanol–water partition coefficient (Wildman–Crippen LogP) is 3.56. The summed E-state index contributed by atoms with van der Waals surface area (Å²) in [5, 5.41) is 0. The Kier molecular flexibility index (Phi) is 6.03. The van der Waals surface area contributed by atoms with Crippen molar-refractivity contribution in [1.29, 1.82) is 0 Å². The third kappa shape index (κ3) is 4.12. The summed E-state index contributed by atoms with van der Waals surface area (Å²) in [6.07, 6.45) is 0.248. The first-order valence-corrected chi connectivity index (χ1v) is 10.4. The Labute approximate surface area is 187 Å². The molecule has 3 aromatic rings. The van der Waals surface area contributed by atoms with E-state index in [0.29, 0.717) is 17.7 Å². The van der Waals surface area contributed by atoms with Crippen molar-refractivity contribution in [2.75, 3.05) is 14.2 Å². The van der Waals surface area contributed by atoms with E-state index >= 15 is 0 Å². The van der Waals surface area contributed by atoms with Crippen molar-refractivity contribution in [1.82, 2.24) is 9.80 Å². The fraction of sp³-hybridized carbons (Fsp3) is 0.192. The summed E-state index contributed by atoms with van der Waals surface area (Å²) in [7, 11) is 3.28. The minimum atomic E-state index is -0.937. The molecule has 3 amide bonds. The number of carbonyl (C=O) groups excluding carboxylic acids is 3. The van der Waals surface area contributed by atoms with Gasteiger partial charge in [-0.15, -0.1) is 0 Å². The van der Waals surface area contributed by atoms with Crippen LogP contribution < -0.4 is 4.74 Å². The smallest absolute Gasteiger partial charge is 0.262 e. The van der Waals surface area contributed by atoms with Crippen LogP contribution in [0.1, 0.15) is 31.8 Å². The van der Waals surface area contributed by atoms with Gasteiger partial charge in [-0.3, -0.25) is 19.3 Å². The van der Waals surface area contributed by atoms with Gasteiger partial charge in [0, 0.05) is 20.0 Å². The number of hydrogen-bond acceptors (Lipinski definition) is 4. The third-order valence-corrected chi connectivity index (χ3v) is 5.65. The second-order valence-corrected chi connectivity index (χ2v) is 7.77. The van der Waals surface area contributed by atoms with Crippen LogP contribution in [-0.2, 0) is 17.8 Å². The van der Waals surface area contributed by atoms with Gasteiger partial charge >= 0.3 is 0 Å². The Morgan fingerprint density at radius 1 is 0.844 bits per heavy atom. The highest BCUT2D eigenvalue weighted by Gasteiger charge is 2.43. The number of carbonyl (C=O) groups is 3.